The van der Waals surface area contributed by atoms with Gasteiger partial charge in [-0.25, -0.2) is 0 Å². The molecule has 18 heavy (non-hydrogen) atoms. The number of rotatable bonds is 7. The van der Waals surface area contributed by atoms with Gasteiger partial charge in [-0.05, 0) is 36.8 Å². The van der Waals surface area contributed by atoms with E-state index in [9.17, 15) is 4.79 Å². The fourth-order valence-corrected chi connectivity index (χ4v) is 2.08. The summed E-state index contributed by atoms with van der Waals surface area (Å²) in [5, 5.41) is 12.2. The van der Waals surface area contributed by atoms with Crippen LogP contribution in [-0.2, 0) is 4.79 Å². The van der Waals surface area contributed by atoms with E-state index in [1.54, 1.807) is 12.4 Å². The molecular formula is C14H22N2O2. The average molecular weight is 250 g/mol. The highest BCUT2D eigenvalue weighted by molar-refractivity contribution is 5.67. The zero-order valence-corrected chi connectivity index (χ0v) is 11.3. The highest BCUT2D eigenvalue weighted by Gasteiger charge is 2.15. The molecule has 0 aliphatic carbocycles. The van der Waals surface area contributed by atoms with E-state index in [1.165, 1.54) is 0 Å². The van der Waals surface area contributed by atoms with Crippen LogP contribution in [0.15, 0.2) is 18.5 Å². The van der Waals surface area contributed by atoms with Crippen molar-refractivity contribution in [3.8, 4) is 0 Å². The molecule has 0 radical (unpaired) electrons. The lowest BCUT2D eigenvalue weighted by atomic mass is 9.94. The third-order valence-corrected chi connectivity index (χ3v) is 2.87. The second-order valence-electron chi connectivity index (χ2n) is 5.16. The molecule has 1 rings (SSSR count). The smallest absolute Gasteiger partial charge is 0.303 e. The van der Waals surface area contributed by atoms with Crippen molar-refractivity contribution in [2.45, 2.75) is 33.6 Å². The van der Waals surface area contributed by atoms with Crippen molar-refractivity contribution < 1.29 is 9.90 Å². The number of hydrogen-bond donors (Lipinski definition) is 2. The summed E-state index contributed by atoms with van der Waals surface area (Å²) >= 11 is 0. The van der Waals surface area contributed by atoms with Gasteiger partial charge in [0, 0.05) is 31.0 Å². The van der Waals surface area contributed by atoms with Crippen molar-refractivity contribution in [1.29, 1.82) is 0 Å². The SMILES string of the molecule is Cc1cnccc1NCC(CC(=O)O)CC(C)C. The molecule has 0 aliphatic rings. The maximum Gasteiger partial charge on any atom is 0.303 e. The molecule has 4 heteroatoms. The van der Waals surface area contributed by atoms with Crippen molar-refractivity contribution >= 4 is 11.7 Å². The summed E-state index contributed by atoms with van der Waals surface area (Å²) in [5.41, 5.74) is 2.11. The molecule has 1 heterocycles. The Labute approximate surface area is 108 Å². The third-order valence-electron chi connectivity index (χ3n) is 2.87. The van der Waals surface area contributed by atoms with Gasteiger partial charge >= 0.3 is 5.97 Å². The summed E-state index contributed by atoms with van der Waals surface area (Å²) in [4.78, 5) is 14.9. The van der Waals surface area contributed by atoms with E-state index in [0.717, 1.165) is 17.7 Å². The Hall–Kier alpha value is -1.58. The number of aromatic nitrogens is 1. The van der Waals surface area contributed by atoms with Crippen molar-refractivity contribution in [3.05, 3.63) is 24.0 Å². The summed E-state index contributed by atoms with van der Waals surface area (Å²) in [6.45, 7) is 6.92. The molecule has 2 N–H and O–H groups in total. The van der Waals surface area contributed by atoms with E-state index in [2.05, 4.69) is 24.1 Å². The molecule has 0 amide bonds. The summed E-state index contributed by atoms with van der Waals surface area (Å²) in [5.74, 6) is -0.0568. The number of anilines is 1. The predicted octanol–water partition coefficient (Wildman–Crippen LogP) is 2.94. The maximum absolute atomic E-state index is 10.8. The van der Waals surface area contributed by atoms with Gasteiger partial charge in [0.2, 0.25) is 0 Å². The number of carboxylic acid groups (broad SMARTS) is 1. The minimum Gasteiger partial charge on any atom is -0.481 e. The molecule has 0 bridgehead atoms. The number of nitrogens with one attached hydrogen (secondary N) is 1. The quantitative estimate of drug-likeness (QED) is 0.781. The van der Waals surface area contributed by atoms with E-state index in [0.29, 0.717) is 12.5 Å². The Kier molecular flexibility index (Phi) is 5.62. The average Bonchev–Trinajstić information content (AvgIpc) is 2.26. The Morgan fingerprint density at radius 2 is 2.22 bits per heavy atom. The minimum absolute atomic E-state index is 0.162. The lowest BCUT2D eigenvalue weighted by Crippen LogP contribution is -2.20. The topological polar surface area (TPSA) is 62.2 Å². The summed E-state index contributed by atoms with van der Waals surface area (Å²) < 4.78 is 0. The van der Waals surface area contributed by atoms with Crippen molar-refractivity contribution in [3.63, 3.8) is 0 Å². The Balaban J connectivity index is 2.56. The molecule has 0 aliphatic heterocycles. The zero-order chi connectivity index (χ0) is 13.5. The van der Waals surface area contributed by atoms with Crippen LogP contribution in [0.25, 0.3) is 0 Å². The minimum atomic E-state index is -0.728. The van der Waals surface area contributed by atoms with Crippen LogP contribution in [-0.4, -0.2) is 22.6 Å². The highest BCUT2D eigenvalue weighted by atomic mass is 16.4. The summed E-state index contributed by atoms with van der Waals surface area (Å²) in [6.07, 6.45) is 4.68. The molecular weight excluding hydrogens is 228 g/mol. The Bertz CT molecular complexity index is 391. The lowest BCUT2D eigenvalue weighted by Gasteiger charge is -2.19. The van der Waals surface area contributed by atoms with Crippen molar-refractivity contribution in [2.24, 2.45) is 11.8 Å². The van der Waals surface area contributed by atoms with Crippen LogP contribution in [0.3, 0.4) is 0 Å². The Morgan fingerprint density at radius 3 is 2.78 bits per heavy atom. The predicted molar refractivity (Wildman–Crippen MR) is 72.7 cm³/mol. The number of nitrogens with zero attached hydrogens (tertiary/aromatic N) is 1. The standard InChI is InChI=1S/C14H22N2O2/c1-10(2)6-12(7-14(17)18)9-16-13-4-5-15-8-11(13)3/h4-5,8,10,12H,6-7,9H2,1-3H3,(H,15,16)(H,17,18). The molecule has 0 saturated heterocycles. The number of aliphatic carboxylic acids is 1. The largest absolute Gasteiger partial charge is 0.481 e. The van der Waals surface area contributed by atoms with Crippen LogP contribution in [0, 0.1) is 18.8 Å². The molecule has 0 spiro atoms. The molecule has 100 valence electrons. The van der Waals surface area contributed by atoms with Gasteiger partial charge in [-0.1, -0.05) is 13.8 Å². The van der Waals surface area contributed by atoms with Crippen LogP contribution in [0.4, 0.5) is 5.69 Å². The normalized spacial score (nSPS) is 12.4. The monoisotopic (exact) mass is 250 g/mol. The van der Waals surface area contributed by atoms with Gasteiger partial charge in [-0.15, -0.1) is 0 Å². The van der Waals surface area contributed by atoms with E-state index in [-0.39, 0.29) is 12.3 Å². The van der Waals surface area contributed by atoms with Gasteiger partial charge in [0.05, 0.1) is 0 Å². The first-order chi connectivity index (χ1) is 8.49. The highest BCUT2D eigenvalue weighted by Crippen LogP contribution is 2.18. The van der Waals surface area contributed by atoms with Crippen LogP contribution >= 0.6 is 0 Å². The van der Waals surface area contributed by atoms with Crippen molar-refractivity contribution in [1.82, 2.24) is 4.98 Å². The molecule has 0 fully saturated rings. The zero-order valence-electron chi connectivity index (χ0n) is 11.3. The van der Waals surface area contributed by atoms with Gasteiger partial charge in [0.1, 0.15) is 0 Å². The fourth-order valence-electron chi connectivity index (χ4n) is 2.08. The van der Waals surface area contributed by atoms with Gasteiger partial charge in [-0.3, -0.25) is 9.78 Å². The van der Waals surface area contributed by atoms with Crippen LogP contribution in [0.1, 0.15) is 32.3 Å². The van der Waals surface area contributed by atoms with Gasteiger partial charge in [-0.2, -0.15) is 0 Å². The maximum atomic E-state index is 10.8. The van der Waals surface area contributed by atoms with Crippen molar-refractivity contribution in [2.75, 3.05) is 11.9 Å². The van der Waals surface area contributed by atoms with E-state index in [1.807, 2.05) is 13.0 Å². The molecule has 1 aromatic heterocycles. The molecule has 1 aromatic rings. The first-order valence-electron chi connectivity index (χ1n) is 6.35. The lowest BCUT2D eigenvalue weighted by molar-refractivity contribution is -0.138. The number of aryl methyl sites for hydroxylation is 1. The van der Waals surface area contributed by atoms with Crippen LogP contribution in [0.5, 0.6) is 0 Å². The van der Waals surface area contributed by atoms with Gasteiger partial charge in [0.15, 0.2) is 0 Å². The van der Waals surface area contributed by atoms with Crippen LogP contribution in [0.2, 0.25) is 0 Å². The molecule has 1 unspecified atom stereocenters. The number of pyridine rings is 1. The summed E-state index contributed by atoms with van der Waals surface area (Å²) in [7, 11) is 0. The van der Waals surface area contributed by atoms with Crippen LogP contribution < -0.4 is 5.32 Å². The van der Waals surface area contributed by atoms with Gasteiger partial charge < -0.3 is 10.4 Å². The molecule has 1 atom stereocenters. The van der Waals surface area contributed by atoms with Gasteiger partial charge in [0.25, 0.3) is 0 Å². The number of hydrogen-bond acceptors (Lipinski definition) is 3. The van der Waals surface area contributed by atoms with E-state index < -0.39 is 5.97 Å². The molecule has 0 saturated carbocycles. The molecule has 4 nitrogen and oxygen atoms in total. The molecule has 0 aromatic carbocycles. The summed E-state index contributed by atoms with van der Waals surface area (Å²) in [6, 6.07) is 1.92. The number of carboxylic acids is 1. The third kappa shape index (κ3) is 5.17. The van der Waals surface area contributed by atoms with E-state index >= 15 is 0 Å². The second kappa shape index (κ2) is 6.99. The fraction of sp³-hybridized carbons (Fsp3) is 0.571. The first kappa shape index (κ1) is 14.5. The first-order valence-corrected chi connectivity index (χ1v) is 6.35. The second-order valence-corrected chi connectivity index (χ2v) is 5.16. The number of carbonyl (C=O) groups is 1. The Morgan fingerprint density at radius 1 is 1.50 bits per heavy atom. The van der Waals surface area contributed by atoms with E-state index in [4.69, 9.17) is 5.11 Å².